The lowest BCUT2D eigenvalue weighted by molar-refractivity contribution is -0.118. The van der Waals surface area contributed by atoms with Gasteiger partial charge in [0, 0.05) is 37.7 Å². The van der Waals surface area contributed by atoms with Crippen LogP contribution in [0.3, 0.4) is 0 Å². The Bertz CT molecular complexity index is 954. The second kappa shape index (κ2) is 27.1. The van der Waals surface area contributed by atoms with Gasteiger partial charge in [-0.1, -0.05) is 93.5 Å². The zero-order valence-corrected chi connectivity index (χ0v) is 27.9. The number of hydrazone groups is 1. The second-order valence-corrected chi connectivity index (χ2v) is 8.68. The predicted octanol–water partition coefficient (Wildman–Crippen LogP) is 8.44. The Labute approximate surface area is 250 Å². The maximum atomic E-state index is 13.6. The molecule has 41 heavy (non-hydrogen) atoms. The van der Waals surface area contributed by atoms with Gasteiger partial charge >= 0.3 is 0 Å². The Morgan fingerprint density at radius 1 is 1.00 bits per heavy atom. The number of amides is 1. The van der Waals surface area contributed by atoms with Gasteiger partial charge in [0.25, 0.3) is 5.91 Å². The summed E-state index contributed by atoms with van der Waals surface area (Å²) in [6.45, 7) is 22.8. The number of rotatable bonds is 10. The number of carbonyl (C=O) groups excluding carboxylic acids is 3. The van der Waals surface area contributed by atoms with Crippen LogP contribution in [0.1, 0.15) is 112 Å². The molecule has 0 aromatic heterocycles. The molecule has 0 aliphatic carbocycles. The van der Waals surface area contributed by atoms with Gasteiger partial charge in [-0.05, 0) is 50.2 Å². The molecule has 1 fully saturated rings. The topological polar surface area (TPSA) is 78.8 Å². The number of Topliss-reactive ketones (excluding diaryl/α,β-unsaturated/α-hetero) is 1. The third-order valence-corrected chi connectivity index (χ3v) is 5.87. The van der Waals surface area contributed by atoms with Crippen molar-refractivity contribution < 1.29 is 18.8 Å². The van der Waals surface area contributed by atoms with Crippen LogP contribution < -0.4 is 5.43 Å². The minimum Gasteiger partial charge on any atom is -0.338 e. The van der Waals surface area contributed by atoms with E-state index in [1.165, 1.54) is 12.1 Å². The van der Waals surface area contributed by atoms with Crippen LogP contribution in [0.15, 0.2) is 52.7 Å². The molecule has 0 bridgehead atoms. The highest BCUT2D eigenvalue weighted by Crippen LogP contribution is 2.27. The number of carbonyl (C=O) groups is 3. The van der Waals surface area contributed by atoms with Crippen molar-refractivity contribution in [3.05, 3.63) is 58.9 Å². The van der Waals surface area contributed by atoms with Crippen molar-refractivity contribution in [3.63, 3.8) is 0 Å². The number of nitrogens with zero attached hydrogens (tertiary/aromatic N) is 2. The van der Waals surface area contributed by atoms with Crippen molar-refractivity contribution in [2.24, 2.45) is 16.9 Å². The summed E-state index contributed by atoms with van der Waals surface area (Å²) in [5, 5.41) is 4.21. The molecule has 2 atom stereocenters. The molecule has 0 spiro atoms. The van der Waals surface area contributed by atoms with Crippen molar-refractivity contribution in [2.75, 3.05) is 20.1 Å². The molecule has 1 N–H and O–H groups in total. The Hall–Kier alpha value is -3.09. The van der Waals surface area contributed by atoms with Crippen molar-refractivity contribution in [2.45, 2.75) is 102 Å². The third kappa shape index (κ3) is 16.1. The number of likely N-dealkylation sites (tertiary alicyclic amines) is 1. The highest BCUT2D eigenvalue weighted by Gasteiger charge is 2.34. The Morgan fingerprint density at radius 2 is 1.56 bits per heavy atom. The van der Waals surface area contributed by atoms with E-state index in [4.69, 9.17) is 0 Å². The van der Waals surface area contributed by atoms with E-state index in [1.807, 2.05) is 68.4 Å². The number of aldehydes is 1. The van der Waals surface area contributed by atoms with E-state index < -0.39 is 5.82 Å². The quantitative estimate of drug-likeness (QED) is 0.0998. The zero-order chi connectivity index (χ0) is 32.4. The van der Waals surface area contributed by atoms with Crippen LogP contribution in [-0.2, 0) is 9.59 Å². The van der Waals surface area contributed by atoms with Crippen molar-refractivity contribution in [3.8, 4) is 0 Å². The molecule has 1 amide bonds. The van der Waals surface area contributed by atoms with E-state index in [0.717, 1.165) is 42.4 Å². The molecule has 1 heterocycles. The monoisotopic (exact) mass is 575 g/mol. The molecule has 0 saturated carbocycles. The maximum Gasteiger partial charge on any atom is 0.256 e. The summed E-state index contributed by atoms with van der Waals surface area (Å²) in [4.78, 5) is 36.1. The molecule has 1 aliphatic rings. The summed E-state index contributed by atoms with van der Waals surface area (Å²) in [6, 6.07) is 6.01. The summed E-state index contributed by atoms with van der Waals surface area (Å²) >= 11 is 0. The summed E-state index contributed by atoms with van der Waals surface area (Å²) in [5.41, 5.74) is 5.51. The number of hydrogen-bond acceptors (Lipinski definition) is 5. The SMILES string of the molecule is CC.CC.CC.CC(=O)CC1CN(C(=O)c2ccccc2F)CC1C.CC\C=C(C=O)/C(=C\CC)C(/CC)=N\NC. The Balaban J connectivity index is -0.000000603. The largest absolute Gasteiger partial charge is 0.338 e. The van der Waals surface area contributed by atoms with Crippen LogP contribution in [0.4, 0.5) is 4.39 Å². The first-order valence-corrected chi connectivity index (χ1v) is 15.4. The molecule has 1 aromatic carbocycles. The molecular weight excluding hydrogens is 517 g/mol. The number of allylic oxidation sites excluding steroid dienone is 4. The van der Waals surface area contributed by atoms with Crippen LogP contribution in [-0.4, -0.2) is 48.7 Å². The van der Waals surface area contributed by atoms with Crippen LogP contribution >= 0.6 is 0 Å². The van der Waals surface area contributed by atoms with Gasteiger partial charge in [-0.2, -0.15) is 5.10 Å². The number of benzene rings is 1. The fraction of sp³-hybridized carbons (Fsp3) is 0.588. The molecule has 1 aromatic rings. The van der Waals surface area contributed by atoms with Crippen LogP contribution in [0.2, 0.25) is 0 Å². The lowest BCUT2D eigenvalue weighted by Gasteiger charge is -2.16. The molecule has 1 saturated heterocycles. The molecule has 7 heteroatoms. The Morgan fingerprint density at radius 3 is 2.00 bits per heavy atom. The van der Waals surface area contributed by atoms with Gasteiger partial charge in [-0.15, -0.1) is 0 Å². The highest BCUT2D eigenvalue weighted by molar-refractivity contribution is 6.09. The van der Waals surface area contributed by atoms with Gasteiger partial charge in [-0.3, -0.25) is 9.59 Å². The number of ketones is 1. The normalized spacial score (nSPS) is 16.3. The number of hydrogen-bond donors (Lipinski definition) is 1. The minimum atomic E-state index is -0.491. The van der Waals surface area contributed by atoms with E-state index in [0.29, 0.717) is 19.5 Å². The third-order valence-electron chi connectivity index (χ3n) is 5.87. The smallest absolute Gasteiger partial charge is 0.256 e. The van der Waals surface area contributed by atoms with E-state index in [9.17, 15) is 18.8 Å². The van der Waals surface area contributed by atoms with Crippen molar-refractivity contribution in [1.82, 2.24) is 10.3 Å². The van der Waals surface area contributed by atoms with Crippen molar-refractivity contribution in [1.29, 1.82) is 0 Å². The van der Waals surface area contributed by atoms with Gasteiger partial charge in [0.2, 0.25) is 0 Å². The molecule has 2 rings (SSSR count). The van der Waals surface area contributed by atoms with Crippen LogP contribution in [0, 0.1) is 17.7 Å². The van der Waals surface area contributed by atoms with E-state index in [2.05, 4.69) is 23.5 Å². The molecule has 6 nitrogen and oxygen atoms in total. The first kappa shape index (κ1) is 42.4. The summed E-state index contributed by atoms with van der Waals surface area (Å²) in [7, 11) is 1.77. The highest BCUT2D eigenvalue weighted by atomic mass is 19.1. The molecule has 234 valence electrons. The molecular formula is C34H58FN3O3. The molecule has 0 radical (unpaired) electrons. The van der Waals surface area contributed by atoms with E-state index >= 15 is 0 Å². The van der Waals surface area contributed by atoms with Crippen LogP contribution in [0.5, 0.6) is 0 Å². The van der Waals surface area contributed by atoms with E-state index in [1.54, 1.807) is 31.0 Å². The standard InChI is InChI=1S/C15H18FNO2.C13H22N2O.3C2H6/c1-10-8-17(9-12(10)7-11(2)18)15(19)13-5-3-4-6-14(13)16;1-5-8-11(10-16)12(9-6-2)13(7-3)15-14-4;3*1-2/h3-6,10,12H,7-9H2,1-2H3;8-10,14H,5-7H2,1-4H3;3*1-2H3/b;11-8-,12-9+,15-13-;;;. The predicted molar refractivity (Wildman–Crippen MR) is 174 cm³/mol. The molecule has 2 unspecified atom stereocenters. The number of halogens is 1. The van der Waals surface area contributed by atoms with Gasteiger partial charge < -0.3 is 15.1 Å². The first-order valence-electron chi connectivity index (χ1n) is 15.4. The lowest BCUT2D eigenvalue weighted by atomic mass is 9.93. The van der Waals surface area contributed by atoms with Gasteiger partial charge in [0.05, 0.1) is 11.3 Å². The fourth-order valence-electron chi connectivity index (χ4n) is 4.15. The summed E-state index contributed by atoms with van der Waals surface area (Å²) < 4.78 is 13.6. The van der Waals surface area contributed by atoms with Gasteiger partial charge in [0.15, 0.2) is 0 Å². The lowest BCUT2D eigenvalue weighted by Crippen LogP contribution is -2.29. The second-order valence-electron chi connectivity index (χ2n) is 8.68. The maximum absolute atomic E-state index is 13.6. The minimum absolute atomic E-state index is 0.109. The van der Waals surface area contributed by atoms with E-state index in [-0.39, 0.29) is 29.1 Å². The first-order chi connectivity index (χ1) is 19.7. The van der Waals surface area contributed by atoms with Crippen LogP contribution in [0.25, 0.3) is 0 Å². The van der Waals surface area contributed by atoms with Crippen molar-refractivity contribution >= 4 is 23.7 Å². The van der Waals surface area contributed by atoms with Gasteiger partial charge in [-0.25, -0.2) is 4.39 Å². The van der Waals surface area contributed by atoms with Gasteiger partial charge in [0.1, 0.15) is 17.9 Å². The molecule has 1 aliphatic heterocycles. The Kier molecular flexibility index (Phi) is 28.0. The number of nitrogens with one attached hydrogen (secondary N) is 1. The fourth-order valence-corrected chi connectivity index (χ4v) is 4.15. The average molecular weight is 576 g/mol. The summed E-state index contributed by atoms with van der Waals surface area (Å²) in [5.74, 6) is -0.170. The summed E-state index contributed by atoms with van der Waals surface area (Å²) in [6.07, 6.45) is 7.94. The average Bonchev–Trinajstić information content (AvgIpc) is 3.36. The zero-order valence-electron chi connectivity index (χ0n) is 27.9.